The number of amides is 1. The van der Waals surface area contributed by atoms with Gasteiger partial charge in [0.15, 0.2) is 0 Å². The molecule has 0 aliphatic carbocycles. The molecule has 1 amide bonds. The largest absolute Gasteiger partial charge is 0.573 e. The number of halogens is 3. The summed E-state index contributed by atoms with van der Waals surface area (Å²) in [6, 6.07) is 9.10. The van der Waals surface area contributed by atoms with Crippen molar-refractivity contribution in [1.29, 1.82) is 0 Å². The van der Waals surface area contributed by atoms with Crippen LogP contribution in [0.1, 0.15) is 16.3 Å². The van der Waals surface area contributed by atoms with Gasteiger partial charge in [-0.25, -0.2) is 9.78 Å². The van der Waals surface area contributed by atoms with Gasteiger partial charge < -0.3 is 14.2 Å². The fourth-order valence-electron chi connectivity index (χ4n) is 3.27. The number of nitrogens with zero attached hydrogens (tertiary/aromatic N) is 2. The number of thiazole rings is 1. The smallest absolute Gasteiger partial charge is 0.496 e. The Morgan fingerprint density at radius 1 is 1.23 bits per heavy atom. The standard InChI is InChI=1S/C21H17F3N2O4S/c1-12-11-31-19(25-12)10-26-9-14-7-13(3-6-17(14)29-20(26)27)16-5-4-15(8-18(16)28-2)30-21(22,23)24/h3-8,11H,9-10H2,1-2H3. The second kappa shape index (κ2) is 8.10. The fraction of sp³-hybridized carbons (Fsp3) is 0.238. The van der Waals surface area contributed by atoms with E-state index in [0.29, 0.717) is 30.0 Å². The van der Waals surface area contributed by atoms with Gasteiger partial charge in [0.05, 0.1) is 20.2 Å². The molecule has 0 fully saturated rings. The van der Waals surface area contributed by atoms with Crippen molar-refractivity contribution in [2.45, 2.75) is 26.4 Å². The third-order valence-electron chi connectivity index (χ3n) is 4.59. The Balaban J connectivity index is 1.61. The molecule has 0 spiro atoms. The van der Waals surface area contributed by atoms with Crippen molar-refractivity contribution in [3.63, 3.8) is 0 Å². The zero-order valence-corrected chi connectivity index (χ0v) is 17.3. The average molecular weight is 450 g/mol. The van der Waals surface area contributed by atoms with Crippen molar-refractivity contribution < 1.29 is 32.2 Å². The van der Waals surface area contributed by atoms with Gasteiger partial charge in [-0.1, -0.05) is 6.07 Å². The zero-order chi connectivity index (χ0) is 22.2. The lowest BCUT2D eigenvalue weighted by Gasteiger charge is -2.27. The molecule has 1 aromatic heterocycles. The molecule has 0 radical (unpaired) electrons. The molecule has 6 nitrogen and oxygen atoms in total. The monoisotopic (exact) mass is 450 g/mol. The molecule has 4 rings (SSSR count). The van der Waals surface area contributed by atoms with Gasteiger partial charge in [-0.15, -0.1) is 24.5 Å². The lowest BCUT2D eigenvalue weighted by Crippen LogP contribution is -2.36. The molecule has 10 heteroatoms. The summed E-state index contributed by atoms with van der Waals surface area (Å²) in [6.45, 7) is 2.53. The minimum atomic E-state index is -4.79. The third kappa shape index (κ3) is 4.74. The van der Waals surface area contributed by atoms with Gasteiger partial charge in [0.2, 0.25) is 0 Å². The lowest BCUT2D eigenvalue weighted by atomic mass is 10.0. The van der Waals surface area contributed by atoms with Crippen molar-refractivity contribution >= 4 is 17.4 Å². The number of hydrogen-bond donors (Lipinski definition) is 0. The molecule has 162 valence electrons. The molecule has 1 aliphatic heterocycles. The minimum Gasteiger partial charge on any atom is -0.496 e. The highest BCUT2D eigenvalue weighted by Gasteiger charge is 2.31. The summed E-state index contributed by atoms with van der Waals surface area (Å²) in [7, 11) is 1.37. The van der Waals surface area contributed by atoms with Crippen molar-refractivity contribution in [2.75, 3.05) is 7.11 Å². The van der Waals surface area contributed by atoms with Gasteiger partial charge in [0, 0.05) is 28.3 Å². The molecule has 3 aromatic rings. The van der Waals surface area contributed by atoms with Crippen LogP contribution in [-0.4, -0.2) is 29.4 Å². The van der Waals surface area contributed by atoms with E-state index in [-0.39, 0.29) is 11.5 Å². The van der Waals surface area contributed by atoms with E-state index in [1.807, 2.05) is 18.4 Å². The van der Waals surface area contributed by atoms with E-state index in [1.165, 1.54) is 36.6 Å². The van der Waals surface area contributed by atoms with Crippen LogP contribution in [-0.2, 0) is 13.1 Å². The predicted octanol–water partition coefficient (Wildman–Crippen LogP) is 5.54. The number of alkyl halides is 3. The first-order valence-electron chi connectivity index (χ1n) is 9.16. The van der Waals surface area contributed by atoms with Gasteiger partial charge in [-0.05, 0) is 36.8 Å². The summed E-state index contributed by atoms with van der Waals surface area (Å²) in [5, 5.41) is 2.71. The van der Waals surface area contributed by atoms with Gasteiger partial charge in [-0.3, -0.25) is 4.90 Å². The summed E-state index contributed by atoms with van der Waals surface area (Å²) in [6.07, 6.45) is -5.25. The van der Waals surface area contributed by atoms with E-state index < -0.39 is 12.5 Å². The molecule has 0 bridgehead atoms. The van der Waals surface area contributed by atoms with Gasteiger partial charge >= 0.3 is 12.5 Å². The maximum Gasteiger partial charge on any atom is 0.573 e. The third-order valence-corrected chi connectivity index (χ3v) is 5.54. The highest BCUT2D eigenvalue weighted by atomic mass is 32.1. The number of hydrogen-bond acceptors (Lipinski definition) is 6. The molecule has 0 unspecified atom stereocenters. The molecular weight excluding hydrogens is 433 g/mol. The van der Waals surface area contributed by atoms with E-state index in [1.54, 1.807) is 17.0 Å². The number of carbonyl (C=O) groups is 1. The Bertz CT molecular complexity index is 1130. The molecule has 31 heavy (non-hydrogen) atoms. The molecule has 0 saturated carbocycles. The van der Waals surface area contributed by atoms with Crippen LogP contribution in [0, 0.1) is 6.92 Å². The predicted molar refractivity (Wildman–Crippen MR) is 107 cm³/mol. The Labute approximate surface area is 179 Å². The Kier molecular flexibility index (Phi) is 5.48. The van der Waals surface area contributed by atoms with E-state index in [0.717, 1.165) is 16.3 Å². The van der Waals surface area contributed by atoms with Crippen LogP contribution < -0.4 is 14.2 Å². The van der Waals surface area contributed by atoms with Crippen LogP contribution in [0.2, 0.25) is 0 Å². The first-order valence-corrected chi connectivity index (χ1v) is 10.0. The summed E-state index contributed by atoms with van der Waals surface area (Å²) in [4.78, 5) is 18.3. The van der Waals surface area contributed by atoms with Crippen LogP contribution in [0.15, 0.2) is 41.8 Å². The van der Waals surface area contributed by atoms with Gasteiger partial charge in [0.25, 0.3) is 0 Å². The quantitative estimate of drug-likeness (QED) is 0.511. The van der Waals surface area contributed by atoms with Crippen LogP contribution in [0.5, 0.6) is 17.2 Å². The van der Waals surface area contributed by atoms with Crippen LogP contribution in [0.3, 0.4) is 0 Å². The average Bonchev–Trinajstić information content (AvgIpc) is 3.11. The van der Waals surface area contributed by atoms with Crippen LogP contribution >= 0.6 is 11.3 Å². The second-order valence-corrected chi connectivity index (χ2v) is 7.78. The van der Waals surface area contributed by atoms with Crippen molar-refractivity contribution in [3.8, 4) is 28.4 Å². The van der Waals surface area contributed by atoms with Gasteiger partial charge in [0.1, 0.15) is 22.3 Å². The van der Waals surface area contributed by atoms with Crippen molar-refractivity contribution in [2.24, 2.45) is 0 Å². The summed E-state index contributed by atoms with van der Waals surface area (Å²) in [5.41, 5.74) is 2.94. The molecule has 2 aromatic carbocycles. The molecule has 0 N–H and O–H groups in total. The number of benzene rings is 2. The zero-order valence-electron chi connectivity index (χ0n) is 16.5. The van der Waals surface area contributed by atoms with Gasteiger partial charge in [-0.2, -0.15) is 0 Å². The summed E-state index contributed by atoms with van der Waals surface area (Å²) < 4.78 is 52.2. The summed E-state index contributed by atoms with van der Waals surface area (Å²) in [5.74, 6) is 0.297. The number of aromatic nitrogens is 1. The van der Waals surface area contributed by atoms with Crippen LogP contribution in [0.25, 0.3) is 11.1 Å². The highest BCUT2D eigenvalue weighted by Crippen LogP contribution is 2.38. The Morgan fingerprint density at radius 2 is 2.03 bits per heavy atom. The second-order valence-electron chi connectivity index (χ2n) is 6.84. The first kappa shape index (κ1) is 21.0. The van der Waals surface area contributed by atoms with Crippen molar-refractivity contribution in [1.82, 2.24) is 9.88 Å². The Hall–Kier alpha value is -3.27. The van der Waals surface area contributed by atoms with E-state index in [2.05, 4.69) is 9.72 Å². The van der Waals surface area contributed by atoms with E-state index >= 15 is 0 Å². The lowest BCUT2D eigenvalue weighted by molar-refractivity contribution is -0.274. The molecule has 0 atom stereocenters. The number of methoxy groups -OCH3 is 1. The molecule has 0 saturated heterocycles. The fourth-order valence-corrected chi connectivity index (χ4v) is 4.05. The Morgan fingerprint density at radius 3 is 2.71 bits per heavy atom. The maximum absolute atomic E-state index is 12.5. The minimum absolute atomic E-state index is 0.227. The first-order chi connectivity index (χ1) is 14.7. The number of carbonyl (C=O) groups excluding carboxylic acids is 1. The molecule has 1 aliphatic rings. The topological polar surface area (TPSA) is 60.9 Å². The molecule has 2 heterocycles. The maximum atomic E-state index is 12.5. The normalized spacial score (nSPS) is 13.6. The number of ether oxygens (including phenoxy) is 3. The number of aryl methyl sites for hydroxylation is 1. The highest BCUT2D eigenvalue weighted by molar-refractivity contribution is 7.09. The summed E-state index contributed by atoms with van der Waals surface area (Å²) >= 11 is 1.47. The van der Waals surface area contributed by atoms with E-state index in [4.69, 9.17) is 9.47 Å². The number of rotatable bonds is 5. The number of fused-ring (bicyclic) bond motifs is 1. The molecular formula is C21H17F3N2O4S. The SMILES string of the molecule is COc1cc(OC(F)(F)F)ccc1-c1ccc2c(c1)CN(Cc1nc(C)cs1)C(=O)O2. The van der Waals surface area contributed by atoms with Crippen molar-refractivity contribution in [3.05, 3.63) is 58.0 Å². The van der Waals surface area contributed by atoms with Crippen LogP contribution in [0.4, 0.5) is 18.0 Å². The van der Waals surface area contributed by atoms with E-state index in [9.17, 15) is 18.0 Å².